The summed E-state index contributed by atoms with van der Waals surface area (Å²) in [5.41, 5.74) is 7.90. The van der Waals surface area contributed by atoms with Crippen molar-refractivity contribution in [1.29, 1.82) is 5.26 Å². The number of rotatable bonds is 8. The first kappa shape index (κ1) is 25.1. The molecule has 1 saturated heterocycles. The summed E-state index contributed by atoms with van der Waals surface area (Å²) in [7, 11) is 1.46. The maximum absolute atomic E-state index is 12.9. The molecule has 13 heteroatoms. The molecule has 3 aromatic heterocycles. The van der Waals surface area contributed by atoms with E-state index in [2.05, 4.69) is 26.3 Å². The van der Waals surface area contributed by atoms with E-state index in [9.17, 15) is 14.9 Å². The minimum absolute atomic E-state index is 0.0771. The van der Waals surface area contributed by atoms with Crippen molar-refractivity contribution in [3.8, 4) is 23.2 Å². The van der Waals surface area contributed by atoms with Crippen LogP contribution in [0.25, 0.3) is 22.3 Å². The number of nitrogens with two attached hydrogens (primary N) is 1. The summed E-state index contributed by atoms with van der Waals surface area (Å²) < 4.78 is 10.2. The summed E-state index contributed by atoms with van der Waals surface area (Å²) >= 11 is 0.143. The molecular weight excluding hydrogens is 531 g/mol. The van der Waals surface area contributed by atoms with Gasteiger partial charge in [0.05, 0.1) is 7.11 Å². The second-order valence-electron chi connectivity index (χ2n) is 7.97. The van der Waals surface area contributed by atoms with Gasteiger partial charge in [0.25, 0.3) is 0 Å². The van der Waals surface area contributed by atoms with E-state index in [-0.39, 0.29) is 32.8 Å². The van der Waals surface area contributed by atoms with Crippen LogP contribution in [0.15, 0.2) is 30.7 Å². The molecule has 12 nitrogen and oxygen atoms in total. The number of carbonyl (C=O) groups excluding carboxylic acids is 2. The van der Waals surface area contributed by atoms with Crippen LogP contribution in [0.1, 0.15) is 12.0 Å². The standard InChI is InChI=1S/C23H24N8O4Se/c1-34-21-13(8-24)7-14(9-26-21)16-3-4-17-19(30-16)20(28-12-27-17)29-15-5-6-31(10-15)22(32)18(11-36-2)35-23(25)33/h3-4,7,9,12,15,18H,5-6,10-11H2,1-2H3,(H2,25,33)(H,27,28,29)/t15-,18?/m0/s1. The summed E-state index contributed by atoms with van der Waals surface area (Å²) in [6, 6.07) is 7.29. The fourth-order valence-electron chi connectivity index (χ4n) is 3.96. The average Bonchev–Trinajstić information content (AvgIpc) is 3.35. The zero-order chi connectivity index (χ0) is 25.7. The van der Waals surface area contributed by atoms with Gasteiger partial charge in [0, 0.05) is 6.20 Å². The second kappa shape index (κ2) is 11.2. The van der Waals surface area contributed by atoms with Crippen molar-refractivity contribution >= 4 is 43.8 Å². The van der Waals surface area contributed by atoms with E-state index in [4.69, 9.17) is 20.2 Å². The van der Waals surface area contributed by atoms with Crippen LogP contribution in [0.2, 0.25) is 11.1 Å². The van der Waals surface area contributed by atoms with Crippen molar-refractivity contribution in [3.63, 3.8) is 0 Å². The van der Waals surface area contributed by atoms with Gasteiger partial charge in [-0.3, -0.25) is 0 Å². The average molecular weight is 555 g/mol. The van der Waals surface area contributed by atoms with E-state index in [1.54, 1.807) is 23.2 Å². The second-order valence-corrected chi connectivity index (χ2v) is 9.88. The molecule has 1 unspecified atom stereocenters. The van der Waals surface area contributed by atoms with Crippen LogP contribution in [-0.4, -0.2) is 84.1 Å². The Hall–Kier alpha value is -4.01. The SMILES string of the molecule is COc1ncc(-c2ccc3ncnc(N[C@H]4CCN(C(=O)C(C[Se]C)OC(N)=O)C4)c3n2)cc1C#N. The number of hydrogen-bond donors (Lipinski definition) is 2. The molecule has 186 valence electrons. The Bertz CT molecular complexity index is 1330. The van der Waals surface area contributed by atoms with Crippen molar-refractivity contribution in [1.82, 2.24) is 24.8 Å². The summed E-state index contributed by atoms with van der Waals surface area (Å²) in [6.07, 6.45) is 1.92. The van der Waals surface area contributed by atoms with Crippen molar-refractivity contribution in [2.24, 2.45) is 5.73 Å². The Balaban J connectivity index is 1.54. The quantitative estimate of drug-likeness (QED) is 0.390. The molecule has 3 N–H and O–H groups in total. The van der Waals surface area contributed by atoms with Gasteiger partial charge in [0.2, 0.25) is 5.88 Å². The Morgan fingerprint density at radius 2 is 2.19 bits per heavy atom. The molecule has 2 amide bonds. The Kier molecular flexibility index (Phi) is 7.77. The van der Waals surface area contributed by atoms with Gasteiger partial charge in [-0.1, -0.05) is 0 Å². The van der Waals surface area contributed by atoms with Crippen molar-refractivity contribution < 1.29 is 19.1 Å². The number of nitrogens with zero attached hydrogens (tertiary/aromatic N) is 6. The fourth-order valence-corrected chi connectivity index (χ4v) is 5.04. The fraction of sp³-hybridized carbons (Fsp3) is 0.348. The van der Waals surface area contributed by atoms with Crippen LogP contribution in [0.4, 0.5) is 10.6 Å². The molecule has 0 aliphatic carbocycles. The van der Waals surface area contributed by atoms with Gasteiger partial charge in [0.15, 0.2) is 0 Å². The van der Waals surface area contributed by atoms with E-state index in [0.717, 1.165) is 0 Å². The predicted molar refractivity (Wildman–Crippen MR) is 131 cm³/mol. The van der Waals surface area contributed by atoms with Gasteiger partial charge in [-0.2, -0.15) is 5.26 Å². The van der Waals surface area contributed by atoms with Crippen molar-refractivity contribution in [3.05, 3.63) is 36.3 Å². The van der Waals surface area contributed by atoms with Crippen LogP contribution < -0.4 is 15.8 Å². The normalized spacial score (nSPS) is 15.8. The van der Waals surface area contributed by atoms with E-state index < -0.39 is 12.2 Å². The molecule has 4 rings (SSSR count). The molecule has 36 heavy (non-hydrogen) atoms. The van der Waals surface area contributed by atoms with Gasteiger partial charge < -0.3 is 4.74 Å². The summed E-state index contributed by atoms with van der Waals surface area (Å²) in [5, 5.41) is 13.2. The maximum Gasteiger partial charge on any atom is 0.115 e. The van der Waals surface area contributed by atoms with E-state index in [1.807, 2.05) is 11.9 Å². The first-order chi connectivity index (χ1) is 17.4. The van der Waals surface area contributed by atoms with E-state index >= 15 is 0 Å². The minimum Gasteiger partial charge on any atom is -0.192 e. The molecule has 1 fully saturated rings. The number of nitriles is 1. The molecule has 3 aromatic rings. The Morgan fingerprint density at radius 3 is 2.92 bits per heavy atom. The number of ether oxygens (including phenoxy) is 2. The van der Waals surface area contributed by atoms with Crippen LogP contribution in [0.3, 0.4) is 0 Å². The molecular formula is C23H24N8O4Se. The molecule has 0 bridgehead atoms. The van der Waals surface area contributed by atoms with Gasteiger partial charge in [-0.05, 0) is 6.07 Å². The van der Waals surface area contributed by atoms with Gasteiger partial charge >= 0.3 is 162 Å². The number of methoxy groups -OCH3 is 1. The van der Waals surface area contributed by atoms with Crippen LogP contribution in [-0.2, 0) is 9.53 Å². The topological polar surface area (TPSA) is 169 Å². The number of aromatic nitrogens is 4. The molecule has 0 aromatic carbocycles. The number of pyridine rings is 2. The Labute approximate surface area is 213 Å². The smallest absolute Gasteiger partial charge is 0.115 e. The van der Waals surface area contributed by atoms with Gasteiger partial charge in [0.1, 0.15) is 11.6 Å². The monoisotopic (exact) mass is 556 g/mol. The summed E-state index contributed by atoms with van der Waals surface area (Å²) in [5.74, 6) is 2.51. The molecule has 1 aliphatic rings. The minimum atomic E-state index is -0.949. The molecule has 2 atom stereocenters. The number of carbonyl (C=O) groups is 2. The molecule has 1 aliphatic heterocycles. The van der Waals surface area contributed by atoms with Crippen molar-refractivity contribution in [2.45, 2.75) is 29.7 Å². The summed E-state index contributed by atoms with van der Waals surface area (Å²) in [6.45, 7) is 0.940. The third kappa shape index (κ3) is 5.45. The van der Waals surface area contributed by atoms with Gasteiger partial charge in [-0.15, -0.1) is 0 Å². The maximum atomic E-state index is 12.9. The molecule has 4 heterocycles. The largest absolute Gasteiger partial charge is 0.192 e. The number of fused-ring (bicyclic) bond motifs is 1. The number of anilines is 1. The number of amides is 2. The van der Waals surface area contributed by atoms with Crippen LogP contribution in [0, 0.1) is 11.3 Å². The zero-order valence-corrected chi connectivity index (χ0v) is 21.4. The third-order valence-corrected chi connectivity index (χ3v) is 6.97. The molecule has 0 radical (unpaired) electrons. The first-order valence-corrected chi connectivity index (χ1v) is 13.9. The molecule has 0 saturated carbocycles. The van der Waals surface area contributed by atoms with E-state index in [0.29, 0.717) is 58.5 Å². The zero-order valence-electron chi connectivity index (χ0n) is 19.7. The first-order valence-electron chi connectivity index (χ1n) is 11.0. The van der Waals surface area contributed by atoms with Crippen LogP contribution in [0.5, 0.6) is 5.88 Å². The number of hydrogen-bond acceptors (Lipinski definition) is 10. The van der Waals surface area contributed by atoms with E-state index in [1.165, 1.54) is 13.4 Å². The van der Waals surface area contributed by atoms with Crippen LogP contribution >= 0.6 is 0 Å². The van der Waals surface area contributed by atoms with Crippen molar-refractivity contribution in [2.75, 3.05) is 25.5 Å². The third-order valence-electron chi connectivity index (χ3n) is 5.64. The summed E-state index contributed by atoms with van der Waals surface area (Å²) in [4.78, 5) is 43.4. The van der Waals surface area contributed by atoms with Gasteiger partial charge in [-0.25, -0.2) is 4.98 Å². The number of primary amides is 1. The molecule has 0 spiro atoms. The number of nitrogens with one attached hydrogen (secondary N) is 1. The predicted octanol–water partition coefficient (Wildman–Crippen LogP) is 1.61. The Morgan fingerprint density at radius 1 is 1.36 bits per heavy atom. The number of likely N-dealkylation sites (tertiary alicyclic amines) is 1.